The first-order valence-corrected chi connectivity index (χ1v) is 6.53. The van der Waals surface area contributed by atoms with Gasteiger partial charge in [0.25, 0.3) is 0 Å². The molecule has 3 heterocycles. The van der Waals surface area contributed by atoms with Crippen molar-refractivity contribution in [3.05, 3.63) is 23.5 Å². The van der Waals surface area contributed by atoms with Crippen LogP contribution in [0.25, 0.3) is 0 Å². The van der Waals surface area contributed by atoms with Gasteiger partial charge in [0.2, 0.25) is 0 Å². The molecule has 0 aromatic carbocycles. The molecule has 1 atom stereocenters. The minimum Gasteiger partial charge on any atom is -0.465 e. The Morgan fingerprint density at radius 3 is 3.21 bits per heavy atom. The number of ether oxygens (including phenoxy) is 1. The number of amides is 1. The Hall–Kier alpha value is -1.82. The van der Waals surface area contributed by atoms with Crippen molar-refractivity contribution >= 4 is 11.8 Å². The van der Waals surface area contributed by atoms with Gasteiger partial charge in [0.15, 0.2) is 0 Å². The molecular weight excluding hydrogens is 246 g/mol. The summed E-state index contributed by atoms with van der Waals surface area (Å²) in [6, 6.07) is 2.23. The van der Waals surface area contributed by atoms with E-state index in [1.54, 1.807) is 6.20 Å². The maximum absolute atomic E-state index is 11.1. The summed E-state index contributed by atoms with van der Waals surface area (Å²) >= 11 is 0. The summed E-state index contributed by atoms with van der Waals surface area (Å²) in [5.41, 5.74) is 3.00. The van der Waals surface area contributed by atoms with E-state index >= 15 is 0 Å². The van der Waals surface area contributed by atoms with Gasteiger partial charge >= 0.3 is 6.09 Å². The molecule has 0 bridgehead atoms. The first-order valence-electron chi connectivity index (χ1n) is 6.53. The number of carboxylic acid groups (broad SMARTS) is 1. The lowest BCUT2D eigenvalue weighted by atomic mass is 10.0. The third-order valence-corrected chi connectivity index (χ3v) is 3.67. The molecule has 102 valence electrons. The highest BCUT2D eigenvalue weighted by Crippen LogP contribution is 2.26. The fraction of sp³-hybridized carbons (Fsp3) is 0.538. The molecule has 19 heavy (non-hydrogen) atoms. The number of nitrogens with one attached hydrogen (secondary N) is 1. The minimum absolute atomic E-state index is 0.312. The van der Waals surface area contributed by atoms with Crippen LogP contribution in [-0.4, -0.2) is 46.9 Å². The molecule has 1 saturated heterocycles. The first-order chi connectivity index (χ1) is 9.24. The fourth-order valence-corrected chi connectivity index (χ4v) is 2.61. The molecule has 1 fully saturated rings. The highest BCUT2D eigenvalue weighted by molar-refractivity contribution is 5.66. The Kier molecular flexibility index (Phi) is 3.25. The van der Waals surface area contributed by atoms with Gasteiger partial charge in [-0.05, 0) is 12.5 Å². The molecule has 6 heteroatoms. The number of carbonyl (C=O) groups is 1. The van der Waals surface area contributed by atoms with E-state index in [1.165, 1.54) is 4.90 Å². The largest absolute Gasteiger partial charge is 0.465 e. The summed E-state index contributed by atoms with van der Waals surface area (Å²) in [5, 5.41) is 12.5. The highest BCUT2D eigenvalue weighted by atomic mass is 16.5. The second kappa shape index (κ2) is 5.05. The molecule has 1 amide bonds. The zero-order valence-corrected chi connectivity index (χ0v) is 10.6. The summed E-state index contributed by atoms with van der Waals surface area (Å²) in [7, 11) is 0. The number of fused-ring (bicyclic) bond motifs is 1. The van der Waals surface area contributed by atoms with Crippen LogP contribution < -0.4 is 5.32 Å². The maximum Gasteiger partial charge on any atom is 0.407 e. The Labute approximate surface area is 111 Å². The Balaban J connectivity index is 1.83. The smallest absolute Gasteiger partial charge is 0.407 e. The zero-order valence-electron chi connectivity index (χ0n) is 10.6. The quantitative estimate of drug-likeness (QED) is 0.841. The fourth-order valence-electron chi connectivity index (χ4n) is 2.61. The van der Waals surface area contributed by atoms with Gasteiger partial charge in [-0.1, -0.05) is 0 Å². The summed E-state index contributed by atoms with van der Waals surface area (Å²) < 4.78 is 5.35. The van der Waals surface area contributed by atoms with Crippen molar-refractivity contribution < 1.29 is 14.6 Å². The van der Waals surface area contributed by atoms with Crippen LogP contribution in [0.15, 0.2) is 12.3 Å². The Morgan fingerprint density at radius 2 is 2.47 bits per heavy atom. The molecular formula is C13H17N3O3. The number of hydrogen-bond acceptors (Lipinski definition) is 4. The van der Waals surface area contributed by atoms with Gasteiger partial charge in [0, 0.05) is 42.7 Å². The predicted molar refractivity (Wildman–Crippen MR) is 69.2 cm³/mol. The van der Waals surface area contributed by atoms with Crippen molar-refractivity contribution in [2.45, 2.75) is 25.4 Å². The minimum atomic E-state index is -0.871. The van der Waals surface area contributed by atoms with Gasteiger partial charge < -0.3 is 20.1 Å². The summed E-state index contributed by atoms with van der Waals surface area (Å²) in [6.07, 6.45) is 2.58. The number of hydrogen-bond donors (Lipinski definition) is 2. The van der Waals surface area contributed by atoms with Crippen molar-refractivity contribution in [3.8, 4) is 0 Å². The molecule has 0 unspecified atom stereocenters. The average molecular weight is 263 g/mol. The van der Waals surface area contributed by atoms with Crippen LogP contribution in [0.4, 0.5) is 10.5 Å². The molecule has 1 aromatic rings. The van der Waals surface area contributed by atoms with Crippen LogP contribution in [0.3, 0.4) is 0 Å². The number of aromatic nitrogens is 1. The van der Waals surface area contributed by atoms with E-state index in [-0.39, 0.29) is 0 Å². The normalized spacial score (nSPS) is 22.1. The van der Waals surface area contributed by atoms with E-state index in [9.17, 15) is 4.79 Å². The molecule has 2 N–H and O–H groups in total. The monoisotopic (exact) mass is 263 g/mol. The number of nitrogens with zero attached hydrogens (tertiary/aromatic N) is 2. The van der Waals surface area contributed by atoms with Crippen molar-refractivity contribution in [1.82, 2.24) is 9.88 Å². The van der Waals surface area contributed by atoms with Crippen LogP contribution in [0, 0.1) is 0 Å². The summed E-state index contributed by atoms with van der Waals surface area (Å²) in [5.74, 6) is 0. The molecule has 0 radical (unpaired) electrons. The third kappa shape index (κ3) is 2.49. The molecule has 0 aliphatic carbocycles. The average Bonchev–Trinajstić information content (AvgIpc) is 2.91. The predicted octanol–water partition coefficient (Wildman–Crippen LogP) is 1.32. The van der Waals surface area contributed by atoms with Gasteiger partial charge in [-0.3, -0.25) is 4.98 Å². The second-order valence-corrected chi connectivity index (χ2v) is 4.94. The van der Waals surface area contributed by atoms with Gasteiger partial charge in [-0.25, -0.2) is 4.79 Å². The van der Waals surface area contributed by atoms with Gasteiger partial charge in [0.1, 0.15) is 0 Å². The van der Waals surface area contributed by atoms with Gasteiger partial charge in [-0.15, -0.1) is 0 Å². The van der Waals surface area contributed by atoms with E-state index in [0.29, 0.717) is 32.2 Å². The van der Waals surface area contributed by atoms with E-state index < -0.39 is 6.09 Å². The van der Waals surface area contributed by atoms with Crippen molar-refractivity contribution in [2.24, 2.45) is 0 Å². The van der Waals surface area contributed by atoms with E-state index in [0.717, 1.165) is 30.0 Å². The van der Waals surface area contributed by atoms with Crippen molar-refractivity contribution in [1.29, 1.82) is 0 Å². The lowest BCUT2D eigenvalue weighted by molar-refractivity contribution is 0.139. The van der Waals surface area contributed by atoms with Crippen molar-refractivity contribution in [3.63, 3.8) is 0 Å². The van der Waals surface area contributed by atoms with Crippen LogP contribution in [-0.2, 0) is 17.7 Å². The standard InChI is InChI=1S/C13H17N3O3/c17-13(18)16-5-2-11-10(7-16)12(1-4-14-11)15-9-3-6-19-8-9/h1,4,9H,2-3,5-8H2,(H,14,15)(H,17,18)/t9-/m0/s1. The molecule has 6 nitrogen and oxygen atoms in total. The Bertz CT molecular complexity index is 486. The van der Waals surface area contributed by atoms with E-state index in [4.69, 9.17) is 9.84 Å². The zero-order chi connectivity index (χ0) is 13.2. The van der Waals surface area contributed by atoms with E-state index in [1.807, 2.05) is 6.07 Å². The van der Waals surface area contributed by atoms with Crippen molar-refractivity contribution in [2.75, 3.05) is 25.1 Å². The topological polar surface area (TPSA) is 74.7 Å². The van der Waals surface area contributed by atoms with Gasteiger partial charge in [-0.2, -0.15) is 0 Å². The van der Waals surface area contributed by atoms with E-state index in [2.05, 4.69) is 10.3 Å². The SMILES string of the molecule is O=C(O)N1CCc2nccc(N[C@H]3CCOC3)c2C1. The molecule has 2 aliphatic rings. The number of anilines is 1. The Morgan fingerprint density at radius 1 is 1.58 bits per heavy atom. The van der Waals surface area contributed by atoms with Crippen LogP contribution in [0.1, 0.15) is 17.7 Å². The third-order valence-electron chi connectivity index (χ3n) is 3.67. The summed E-state index contributed by atoms with van der Waals surface area (Å²) in [6.45, 7) is 2.42. The molecule has 1 aromatic heterocycles. The first kappa shape index (κ1) is 12.2. The highest BCUT2D eigenvalue weighted by Gasteiger charge is 2.24. The molecule has 3 rings (SSSR count). The lowest BCUT2D eigenvalue weighted by Crippen LogP contribution is -2.36. The molecule has 0 spiro atoms. The van der Waals surface area contributed by atoms with Crippen LogP contribution >= 0.6 is 0 Å². The summed E-state index contributed by atoms with van der Waals surface area (Å²) in [4.78, 5) is 16.9. The number of rotatable bonds is 2. The van der Waals surface area contributed by atoms with Crippen LogP contribution in [0.2, 0.25) is 0 Å². The number of pyridine rings is 1. The second-order valence-electron chi connectivity index (χ2n) is 4.94. The lowest BCUT2D eigenvalue weighted by Gasteiger charge is -2.28. The van der Waals surface area contributed by atoms with Crippen LogP contribution in [0.5, 0.6) is 0 Å². The molecule has 0 saturated carbocycles. The molecule has 2 aliphatic heterocycles. The van der Waals surface area contributed by atoms with Gasteiger partial charge in [0.05, 0.1) is 19.2 Å². The maximum atomic E-state index is 11.1.